The summed E-state index contributed by atoms with van der Waals surface area (Å²) in [5, 5.41) is 0. The first kappa shape index (κ1) is 23.5. The van der Waals surface area contributed by atoms with Crippen molar-refractivity contribution in [2.75, 3.05) is 4.90 Å². The zero-order chi connectivity index (χ0) is 26.5. The maximum absolute atomic E-state index is 2.42. The molecule has 1 heterocycles. The Kier molecular flexibility index (Phi) is 5.69. The van der Waals surface area contributed by atoms with Gasteiger partial charge in [-0.2, -0.15) is 0 Å². The van der Waals surface area contributed by atoms with E-state index in [1.54, 1.807) is 0 Å². The molecule has 0 unspecified atom stereocenters. The number of hydrogen-bond donors (Lipinski definition) is 0. The van der Waals surface area contributed by atoms with Gasteiger partial charge in [-0.15, -0.1) is 0 Å². The van der Waals surface area contributed by atoms with Crippen molar-refractivity contribution in [3.05, 3.63) is 173 Å². The quantitative estimate of drug-likeness (QED) is 0.194. The third kappa shape index (κ3) is 3.92. The van der Waals surface area contributed by atoms with Crippen LogP contribution in [-0.4, -0.2) is 15.0 Å². The number of para-hydroxylation sites is 2. The van der Waals surface area contributed by atoms with E-state index in [1.807, 2.05) is 0 Å². The monoisotopic (exact) mass is 577 g/mol. The Hall–Kier alpha value is -4.36. The fraction of sp³-hybridized carbons (Fsp3) is 0.0526. The van der Waals surface area contributed by atoms with Gasteiger partial charge >= 0.3 is 166 Å². The van der Waals surface area contributed by atoms with Gasteiger partial charge in [0.25, 0.3) is 0 Å². The zero-order valence-electron chi connectivity index (χ0n) is 22.0. The predicted molar refractivity (Wildman–Crippen MR) is 168 cm³/mol. The van der Waals surface area contributed by atoms with Crippen molar-refractivity contribution < 1.29 is 0 Å². The van der Waals surface area contributed by atoms with Gasteiger partial charge in [-0.05, 0) is 28.7 Å². The first-order valence-corrected chi connectivity index (χ1v) is 15.6. The summed E-state index contributed by atoms with van der Waals surface area (Å²) in [6.45, 7) is 0. The molecule has 190 valence electrons. The van der Waals surface area contributed by atoms with E-state index in [0.29, 0.717) is 15.0 Å². The van der Waals surface area contributed by atoms with Crippen LogP contribution < -0.4 is 13.8 Å². The molecule has 0 bridgehead atoms. The van der Waals surface area contributed by atoms with Crippen molar-refractivity contribution in [1.82, 2.24) is 0 Å². The van der Waals surface area contributed by atoms with E-state index in [9.17, 15) is 0 Å². The Morgan fingerprint density at radius 1 is 0.475 bits per heavy atom. The van der Waals surface area contributed by atoms with Crippen LogP contribution >= 0.6 is 0 Å². The summed E-state index contributed by atoms with van der Waals surface area (Å²) in [6.07, 6.45) is 1.01. The molecule has 2 aliphatic rings. The van der Waals surface area contributed by atoms with Crippen molar-refractivity contribution in [1.29, 1.82) is 0 Å². The summed E-state index contributed by atoms with van der Waals surface area (Å²) in [5.41, 5.74) is 13.4. The fourth-order valence-corrected chi connectivity index (χ4v) is 8.56. The van der Waals surface area contributed by atoms with Crippen molar-refractivity contribution in [2.45, 2.75) is 12.3 Å². The van der Waals surface area contributed by atoms with Crippen LogP contribution in [0.3, 0.4) is 0 Å². The first-order valence-electron chi connectivity index (χ1n) is 13.9. The molecule has 2 heteroatoms. The summed E-state index contributed by atoms with van der Waals surface area (Å²) >= 11 is 0.324. The van der Waals surface area contributed by atoms with E-state index < -0.39 is 0 Å². The van der Waals surface area contributed by atoms with E-state index in [-0.39, 0.29) is 5.92 Å². The van der Waals surface area contributed by atoms with E-state index in [4.69, 9.17) is 0 Å². The molecule has 0 N–H and O–H groups in total. The normalized spacial score (nSPS) is 13.7. The number of rotatable bonds is 3. The average Bonchev–Trinajstić information content (AvgIpc) is 3.03. The second-order valence-corrected chi connectivity index (χ2v) is 12.8. The summed E-state index contributed by atoms with van der Waals surface area (Å²) in [5.74, 6) is 0.276. The van der Waals surface area contributed by atoms with Gasteiger partial charge in [0.15, 0.2) is 0 Å². The molecule has 1 nitrogen and oxygen atoms in total. The molecule has 0 aromatic heterocycles. The van der Waals surface area contributed by atoms with Gasteiger partial charge in [0, 0.05) is 0 Å². The zero-order valence-corrected chi connectivity index (χ0v) is 23.7. The van der Waals surface area contributed by atoms with Crippen molar-refractivity contribution in [3.63, 3.8) is 0 Å². The molecule has 0 saturated heterocycles. The molecule has 6 aromatic rings. The van der Waals surface area contributed by atoms with E-state index in [1.165, 1.54) is 64.9 Å². The van der Waals surface area contributed by atoms with Crippen molar-refractivity contribution in [3.8, 4) is 11.1 Å². The van der Waals surface area contributed by atoms with Crippen molar-refractivity contribution >= 4 is 40.9 Å². The van der Waals surface area contributed by atoms with Gasteiger partial charge < -0.3 is 0 Å². The van der Waals surface area contributed by atoms with Crippen LogP contribution in [-0.2, 0) is 6.42 Å². The number of hydrogen-bond acceptors (Lipinski definition) is 1. The standard InChI is InChI=1S/C38H27NSe/c1-3-11-32-29(9-1)25-30-10-2-4-12-33(30)38(32)28-19-17-26(18-20-28)27-21-23-31(24-22-27)39-34-13-5-7-15-36(34)40-37-16-8-6-14-35(37)39/h1-24,38H,25H2. The molecular weight excluding hydrogens is 549 g/mol. The summed E-state index contributed by atoms with van der Waals surface area (Å²) < 4.78 is 2.86. The van der Waals surface area contributed by atoms with Gasteiger partial charge in [0.1, 0.15) is 0 Å². The van der Waals surface area contributed by atoms with Gasteiger partial charge in [0.2, 0.25) is 0 Å². The fourth-order valence-electron chi connectivity index (χ4n) is 6.34. The number of anilines is 3. The molecule has 1 aliphatic heterocycles. The van der Waals surface area contributed by atoms with Crippen LogP contribution in [0.15, 0.2) is 146 Å². The Bertz CT molecular complexity index is 1620. The number of nitrogens with zero attached hydrogens (tertiary/aromatic N) is 1. The molecule has 6 aromatic carbocycles. The third-order valence-corrected chi connectivity index (χ3v) is 10.6. The first-order chi connectivity index (χ1) is 19.8. The Morgan fingerprint density at radius 3 is 1.52 bits per heavy atom. The van der Waals surface area contributed by atoms with Crippen LogP contribution in [0.4, 0.5) is 17.1 Å². The topological polar surface area (TPSA) is 3.24 Å². The molecule has 0 radical (unpaired) electrons. The molecule has 0 saturated carbocycles. The van der Waals surface area contributed by atoms with Crippen LogP contribution in [0, 0.1) is 0 Å². The number of fused-ring (bicyclic) bond motifs is 4. The molecule has 1 aliphatic carbocycles. The van der Waals surface area contributed by atoms with Gasteiger partial charge in [0.05, 0.1) is 0 Å². The molecule has 0 spiro atoms. The Morgan fingerprint density at radius 2 is 0.950 bits per heavy atom. The molecule has 0 amide bonds. The van der Waals surface area contributed by atoms with E-state index in [0.717, 1.165) is 6.42 Å². The van der Waals surface area contributed by atoms with Crippen LogP contribution in [0.25, 0.3) is 11.1 Å². The predicted octanol–water partition coefficient (Wildman–Crippen LogP) is 7.88. The summed E-state index contributed by atoms with van der Waals surface area (Å²) in [6, 6.07) is 53.8. The Balaban J connectivity index is 1.13. The number of benzene rings is 6. The average molecular weight is 577 g/mol. The van der Waals surface area contributed by atoms with Crippen LogP contribution in [0.5, 0.6) is 0 Å². The van der Waals surface area contributed by atoms with E-state index >= 15 is 0 Å². The van der Waals surface area contributed by atoms with Crippen LogP contribution in [0.1, 0.15) is 33.7 Å². The minimum atomic E-state index is 0.276. The summed E-state index contributed by atoms with van der Waals surface area (Å²) in [4.78, 5) is 2.42. The van der Waals surface area contributed by atoms with Gasteiger partial charge in [-0.3, -0.25) is 0 Å². The third-order valence-electron chi connectivity index (χ3n) is 8.25. The SMILES string of the molecule is c1ccc2c(c1)Cc1ccccc1C2c1ccc(-c2ccc(N3c4ccccc4[Se]c4ccccc43)cc2)cc1. The maximum atomic E-state index is 2.42. The second-order valence-electron chi connectivity index (χ2n) is 10.5. The second kappa shape index (κ2) is 9.68. The molecule has 0 fully saturated rings. The van der Waals surface area contributed by atoms with Crippen molar-refractivity contribution in [2.24, 2.45) is 0 Å². The van der Waals surface area contributed by atoms with Gasteiger partial charge in [-0.25, -0.2) is 0 Å². The van der Waals surface area contributed by atoms with E-state index in [2.05, 4.69) is 150 Å². The molecule has 40 heavy (non-hydrogen) atoms. The minimum absolute atomic E-state index is 0.276. The molecule has 0 atom stereocenters. The van der Waals surface area contributed by atoms with Crippen LogP contribution in [0.2, 0.25) is 0 Å². The Labute approximate surface area is 241 Å². The van der Waals surface area contributed by atoms with Gasteiger partial charge in [-0.1, -0.05) is 48.5 Å². The summed E-state index contributed by atoms with van der Waals surface area (Å²) in [7, 11) is 0. The molecule has 8 rings (SSSR count). The molecular formula is C38H27NSe.